The van der Waals surface area contributed by atoms with Crippen molar-refractivity contribution in [1.29, 1.82) is 0 Å². The predicted octanol–water partition coefficient (Wildman–Crippen LogP) is 21.9. The van der Waals surface area contributed by atoms with Gasteiger partial charge in [0, 0.05) is 65.7 Å². The number of aldehydes is 1. The number of aliphatic hydroxyl groups excluding tert-OH is 1. The number of anilines is 2. The van der Waals surface area contributed by atoms with Crippen LogP contribution in [-0.4, -0.2) is 138 Å². The molecule has 10 rings (SSSR count). The van der Waals surface area contributed by atoms with E-state index < -0.39 is 6.10 Å². The summed E-state index contributed by atoms with van der Waals surface area (Å²) in [5, 5.41) is 13.8. The number of ether oxygens (including phenoxy) is 4. The van der Waals surface area contributed by atoms with E-state index in [4.69, 9.17) is 9.47 Å². The third-order valence-electron chi connectivity index (χ3n) is 17.7. The van der Waals surface area contributed by atoms with Crippen molar-refractivity contribution in [2.45, 2.75) is 212 Å². The molecule has 4 amide bonds. The largest absolute Gasteiger partial charge is 0.465 e. The first-order valence-electron chi connectivity index (χ1n) is 39.0. The maximum absolute atomic E-state index is 12.5. The molecule has 4 atom stereocenters. The third-order valence-corrected chi connectivity index (χ3v) is 26.7. The molecule has 7 heterocycles. The molecule has 29 heteroatoms. The molecule has 0 radical (unpaired) electrons. The van der Waals surface area contributed by atoms with Crippen molar-refractivity contribution in [3.8, 4) is 0 Å². The van der Waals surface area contributed by atoms with Crippen molar-refractivity contribution in [2.75, 3.05) is 61.3 Å². The van der Waals surface area contributed by atoms with Crippen molar-refractivity contribution in [3.05, 3.63) is 208 Å². The topological polar surface area (TPSA) is 289 Å². The van der Waals surface area contributed by atoms with Crippen molar-refractivity contribution < 1.29 is 76.8 Å². The standard InChI is InChI=1S/C24H31NO4S2.C24H29NO4S2.C12H15BrO.C12H15NO3S2.C10H12O3S.C2H5NOS.2C2H4.2CH4/c2*1-3-4-5-8-20(26)17-10-12-18(13-11-17)25-22(27)16-30-23(25)9-6-7-19-14-15-21(31-19)24(28)29-2;1-2-3-4-5-12(14)10-6-8-11(13)9-7-10;1-16-12(15)9-6-5-8(18-9)3-2-4-11-13-10(14)7-17-11;1-13-10(12)9-6-5-8(14-9)4-2-3-7-11;3-2(4)1-5;2*1-2;;/h10-15,20,23,26H,3-9,16H2,1-2H3;10-15,23H,3-9,16H2,1-2H3;6-9H,2-5H2,1H3;5-6,11H,2-4,7H2,1H3,(H,13,14);5-7H,2-4H2,1H3;5H,1H2,(H2,3,4);2*1-2H2;2*1H4. The van der Waals surface area contributed by atoms with Crippen LogP contribution in [0.1, 0.15) is 255 Å². The fourth-order valence-electron chi connectivity index (χ4n) is 11.6. The Kier molecular flexibility index (Phi) is 59.3. The Hall–Kier alpha value is -7.45. The molecular weight excluding hydrogens is 1730 g/mol. The van der Waals surface area contributed by atoms with E-state index in [1.54, 1.807) is 53.5 Å². The number of thiol groups is 1. The van der Waals surface area contributed by atoms with Gasteiger partial charge in [0.25, 0.3) is 0 Å². The Bertz CT molecular complexity index is 4130. The highest BCUT2D eigenvalue weighted by Gasteiger charge is 2.34. The number of amides is 4. The van der Waals surface area contributed by atoms with E-state index in [0.29, 0.717) is 56.0 Å². The van der Waals surface area contributed by atoms with E-state index in [1.165, 1.54) is 78.7 Å². The van der Waals surface area contributed by atoms with Crippen molar-refractivity contribution >= 4 is 186 Å². The van der Waals surface area contributed by atoms with Crippen LogP contribution in [0.3, 0.4) is 0 Å². The Morgan fingerprint density at radius 3 is 1.18 bits per heavy atom. The summed E-state index contributed by atoms with van der Waals surface area (Å²) in [6.07, 6.45) is 22.8. The molecular formula is C90H123BrN4O16S8. The van der Waals surface area contributed by atoms with Crippen LogP contribution in [0.15, 0.2) is 152 Å². The first-order valence-corrected chi connectivity index (χ1v) is 46.9. The fraction of sp³-hybridized carbons (Fsp3) is 0.456. The number of halogens is 1. The average Bonchev–Trinajstić information content (AvgIpc) is 1.70. The van der Waals surface area contributed by atoms with Crippen LogP contribution in [0, 0.1) is 0 Å². The summed E-state index contributed by atoms with van der Waals surface area (Å²) in [7, 11) is 5.54. The number of esters is 4. The number of nitrogens with one attached hydrogen (secondary N) is 1. The lowest BCUT2D eigenvalue weighted by atomic mass is 10.0. The molecule has 3 fully saturated rings. The number of nitrogens with zero attached hydrogens (tertiary/aromatic N) is 2. The highest BCUT2D eigenvalue weighted by Crippen LogP contribution is 2.37. The first kappa shape index (κ1) is 110. The predicted molar refractivity (Wildman–Crippen MR) is 504 cm³/mol. The van der Waals surface area contributed by atoms with Gasteiger partial charge in [-0.3, -0.25) is 38.6 Å². The minimum Gasteiger partial charge on any atom is -0.465 e. The normalized spacial score (nSPS) is 14.2. The Morgan fingerprint density at radius 2 is 0.849 bits per heavy atom. The number of nitrogens with two attached hydrogens (primary N) is 1. The number of benzene rings is 3. The van der Waals surface area contributed by atoms with Gasteiger partial charge in [-0.05, 0) is 193 Å². The van der Waals surface area contributed by atoms with Gasteiger partial charge in [-0.1, -0.05) is 121 Å². The number of hydrogen-bond donors (Lipinski definition) is 4. The Morgan fingerprint density at radius 1 is 0.504 bits per heavy atom. The van der Waals surface area contributed by atoms with E-state index in [9.17, 15) is 57.8 Å². The van der Waals surface area contributed by atoms with Crippen molar-refractivity contribution in [2.24, 2.45) is 5.73 Å². The lowest BCUT2D eigenvalue weighted by Crippen LogP contribution is -2.32. The summed E-state index contributed by atoms with van der Waals surface area (Å²) in [6.45, 7) is 18.4. The number of methoxy groups -OCH3 is 4. The monoisotopic (exact) mass is 1850 g/mol. The summed E-state index contributed by atoms with van der Waals surface area (Å²) in [5.74, 6) is 0.957. The Labute approximate surface area is 748 Å². The summed E-state index contributed by atoms with van der Waals surface area (Å²) in [6, 6.07) is 37.8. The second kappa shape index (κ2) is 64.4. The molecule has 119 heavy (non-hydrogen) atoms. The molecule has 4 unspecified atom stereocenters. The lowest BCUT2D eigenvalue weighted by Gasteiger charge is -2.24. The van der Waals surface area contributed by atoms with E-state index in [2.05, 4.69) is 96.2 Å². The molecule has 0 saturated carbocycles. The third kappa shape index (κ3) is 41.3. The zero-order valence-electron chi connectivity index (χ0n) is 68.3. The minimum absolute atomic E-state index is 0. The van der Waals surface area contributed by atoms with Gasteiger partial charge >= 0.3 is 23.9 Å². The highest BCUT2D eigenvalue weighted by atomic mass is 79.9. The number of carbonyl (C=O) groups excluding carboxylic acids is 11. The number of ketones is 2. The number of thiophene rings is 4. The molecule has 4 N–H and O–H groups in total. The van der Waals surface area contributed by atoms with Crippen LogP contribution in [-0.2, 0) is 68.6 Å². The number of aryl methyl sites for hydroxylation is 4. The zero-order valence-corrected chi connectivity index (χ0v) is 76.5. The van der Waals surface area contributed by atoms with Crippen molar-refractivity contribution in [3.63, 3.8) is 0 Å². The van der Waals surface area contributed by atoms with Gasteiger partial charge in [0.2, 0.25) is 23.6 Å². The van der Waals surface area contributed by atoms with E-state index in [0.717, 1.165) is 188 Å². The smallest absolute Gasteiger partial charge is 0.348 e. The van der Waals surface area contributed by atoms with Gasteiger partial charge in [-0.25, -0.2) is 19.2 Å². The number of thioether (sulfide) groups is 3. The number of hydrogen-bond acceptors (Lipinski definition) is 24. The minimum atomic E-state index is -0.444. The van der Waals surface area contributed by atoms with Gasteiger partial charge in [-0.15, -0.1) is 107 Å². The van der Waals surface area contributed by atoms with Gasteiger partial charge in [0.05, 0.1) is 73.7 Å². The van der Waals surface area contributed by atoms with Gasteiger partial charge in [0.1, 0.15) is 25.8 Å². The molecule has 654 valence electrons. The molecule has 4 aromatic heterocycles. The van der Waals surface area contributed by atoms with Crippen molar-refractivity contribution in [1.82, 2.24) is 5.32 Å². The first-order chi connectivity index (χ1) is 56.5. The maximum atomic E-state index is 12.5. The molecule has 7 aromatic rings. The Balaban J connectivity index is 0.000000748. The average molecular weight is 1850 g/mol. The molecule has 3 aliphatic heterocycles. The van der Waals surface area contributed by atoms with Crippen LogP contribution in [0.25, 0.3) is 0 Å². The molecule has 0 aliphatic carbocycles. The number of unbranched alkanes of at least 4 members (excludes halogenated alkanes) is 7. The molecule has 0 spiro atoms. The molecule has 3 saturated heterocycles. The lowest BCUT2D eigenvalue weighted by molar-refractivity contribution is -0.118. The summed E-state index contributed by atoms with van der Waals surface area (Å²) < 4.78 is 19.8. The van der Waals surface area contributed by atoms with E-state index >= 15 is 0 Å². The molecule has 3 aromatic carbocycles. The number of Topliss-reactive ketones (excluding diaryl/α,β-unsaturated/α-hetero) is 2. The van der Waals surface area contributed by atoms with Crippen LogP contribution in [0.4, 0.5) is 11.4 Å². The second-order valence-corrected chi connectivity index (χ2v) is 35.7. The fourth-order valence-corrected chi connectivity index (χ4v) is 19.1. The number of aliphatic hydroxyl groups is 1. The number of carbonyl (C=O) groups is 11. The summed E-state index contributed by atoms with van der Waals surface area (Å²) in [4.78, 5) is 136. The van der Waals surface area contributed by atoms with E-state index in [1.807, 2.05) is 113 Å². The molecule has 20 nitrogen and oxygen atoms in total. The molecule has 3 aliphatic rings. The highest BCUT2D eigenvalue weighted by molar-refractivity contribution is 9.10. The van der Waals surface area contributed by atoms with Crippen LogP contribution in [0.5, 0.6) is 0 Å². The van der Waals surface area contributed by atoms with Gasteiger partial charge < -0.3 is 39.9 Å². The number of rotatable bonds is 38. The molecule has 0 bridgehead atoms. The maximum Gasteiger partial charge on any atom is 0.348 e. The van der Waals surface area contributed by atoms with Gasteiger partial charge in [0.15, 0.2) is 11.6 Å². The van der Waals surface area contributed by atoms with Crippen LogP contribution >= 0.6 is 109 Å². The van der Waals surface area contributed by atoms with Gasteiger partial charge in [-0.2, -0.15) is 12.6 Å². The summed E-state index contributed by atoms with van der Waals surface area (Å²) in [5.41, 5.74) is 8.78. The quantitative estimate of drug-likeness (QED) is 0.00532. The van der Waals surface area contributed by atoms with E-state index in [-0.39, 0.29) is 95.8 Å². The van der Waals surface area contributed by atoms with Crippen LogP contribution in [0.2, 0.25) is 0 Å². The summed E-state index contributed by atoms with van der Waals surface area (Å²) >= 11 is 17.7. The van der Waals surface area contributed by atoms with Crippen LogP contribution < -0.4 is 20.9 Å². The SMILES string of the molecule is C.C.C=C.C=C.CCCCCC(=O)c1ccc(Br)cc1.CCCCCC(=O)c1ccc(N2C(=O)CSC2CCCc2ccc(C(=O)OC)s2)cc1.CCCCCC(O)c1ccc(N2C(=O)CSC2CCCc2ccc(C(=O)OC)s2)cc1.COC(=O)c1ccc(CCCC2NC(=O)CS2)s1.COC(=O)c1ccc(CCCC=O)s1.NC(=O)CS. The zero-order chi connectivity index (χ0) is 86.5. The number of primary amides is 1. The second-order valence-electron chi connectivity index (χ2n) is 26.2.